The zero-order valence-electron chi connectivity index (χ0n) is 10.4. The fourth-order valence-electron chi connectivity index (χ4n) is 2.84. The average molecular weight is 280 g/mol. The highest BCUT2D eigenvalue weighted by molar-refractivity contribution is 7.17. The summed E-state index contributed by atoms with van der Waals surface area (Å²) < 4.78 is 1.41. The molecule has 3 rings (SSSR count). The van der Waals surface area contributed by atoms with Gasteiger partial charge in [0, 0.05) is 23.7 Å². The molecule has 1 atom stereocenters. The van der Waals surface area contributed by atoms with Crippen molar-refractivity contribution in [1.82, 2.24) is 4.90 Å². The second kappa shape index (κ2) is 5.60. The topological polar surface area (TPSA) is 3.24 Å². The number of halogens is 1. The molecule has 0 spiro atoms. The summed E-state index contributed by atoms with van der Waals surface area (Å²) in [6, 6.07) is 8.71. The van der Waals surface area contributed by atoms with Crippen LogP contribution in [0.25, 0.3) is 10.1 Å². The second-order valence-corrected chi connectivity index (χ2v) is 6.41. The number of alkyl halides is 1. The Hall–Kier alpha value is -0.570. The molecule has 1 saturated heterocycles. The van der Waals surface area contributed by atoms with Crippen LogP contribution in [0.1, 0.15) is 18.4 Å². The SMILES string of the molecule is ClCCC1CCN(Cc2csc3ccccc23)C1. The first-order chi connectivity index (χ1) is 8.86. The maximum atomic E-state index is 5.83. The van der Waals surface area contributed by atoms with E-state index in [0.717, 1.165) is 18.3 Å². The third-order valence-electron chi connectivity index (χ3n) is 3.84. The van der Waals surface area contributed by atoms with E-state index in [1.807, 2.05) is 11.3 Å². The number of fused-ring (bicyclic) bond motifs is 1. The monoisotopic (exact) mass is 279 g/mol. The van der Waals surface area contributed by atoms with Gasteiger partial charge < -0.3 is 0 Å². The van der Waals surface area contributed by atoms with Gasteiger partial charge in [-0.2, -0.15) is 0 Å². The Labute approximate surface area is 117 Å². The molecule has 0 N–H and O–H groups in total. The number of hydrogen-bond acceptors (Lipinski definition) is 2. The van der Waals surface area contributed by atoms with E-state index in [9.17, 15) is 0 Å². The van der Waals surface area contributed by atoms with Crippen molar-refractivity contribution >= 4 is 33.0 Å². The lowest BCUT2D eigenvalue weighted by molar-refractivity contribution is 0.317. The summed E-state index contributed by atoms with van der Waals surface area (Å²) in [5, 5.41) is 3.75. The number of likely N-dealkylation sites (tertiary alicyclic amines) is 1. The average Bonchev–Trinajstić information content (AvgIpc) is 2.99. The molecule has 1 unspecified atom stereocenters. The van der Waals surface area contributed by atoms with E-state index in [1.54, 1.807) is 0 Å². The molecule has 1 aromatic heterocycles. The van der Waals surface area contributed by atoms with Gasteiger partial charge in [-0.1, -0.05) is 18.2 Å². The normalized spacial score (nSPS) is 20.8. The molecule has 2 heterocycles. The minimum Gasteiger partial charge on any atom is -0.299 e. The number of benzene rings is 1. The minimum absolute atomic E-state index is 0.805. The maximum Gasteiger partial charge on any atom is 0.0346 e. The lowest BCUT2D eigenvalue weighted by Crippen LogP contribution is -2.20. The third-order valence-corrected chi connectivity index (χ3v) is 5.07. The van der Waals surface area contributed by atoms with Crippen molar-refractivity contribution < 1.29 is 0 Å². The molecule has 0 amide bonds. The lowest BCUT2D eigenvalue weighted by atomic mass is 10.1. The Kier molecular flexibility index (Phi) is 3.88. The van der Waals surface area contributed by atoms with Gasteiger partial charge in [0.25, 0.3) is 0 Å². The van der Waals surface area contributed by atoms with Crippen molar-refractivity contribution in [2.75, 3.05) is 19.0 Å². The van der Waals surface area contributed by atoms with Crippen molar-refractivity contribution in [1.29, 1.82) is 0 Å². The van der Waals surface area contributed by atoms with E-state index < -0.39 is 0 Å². The van der Waals surface area contributed by atoms with Crippen molar-refractivity contribution in [3.05, 3.63) is 35.2 Å². The van der Waals surface area contributed by atoms with Gasteiger partial charge in [-0.05, 0) is 47.7 Å². The summed E-state index contributed by atoms with van der Waals surface area (Å²) in [6.07, 6.45) is 2.48. The smallest absolute Gasteiger partial charge is 0.0346 e. The maximum absolute atomic E-state index is 5.83. The number of rotatable bonds is 4. The molecule has 96 valence electrons. The molecular weight excluding hydrogens is 262 g/mol. The Morgan fingerprint density at radius 2 is 2.22 bits per heavy atom. The summed E-state index contributed by atoms with van der Waals surface area (Å²) >= 11 is 7.69. The zero-order chi connectivity index (χ0) is 12.4. The Bertz CT molecular complexity index is 522. The van der Waals surface area contributed by atoms with Gasteiger partial charge >= 0.3 is 0 Å². The molecule has 0 saturated carbocycles. The fraction of sp³-hybridized carbons (Fsp3) is 0.467. The summed E-state index contributed by atoms with van der Waals surface area (Å²) in [4.78, 5) is 2.58. The molecule has 3 heteroatoms. The highest BCUT2D eigenvalue weighted by atomic mass is 35.5. The molecule has 1 aliphatic rings. The molecule has 0 bridgehead atoms. The van der Waals surface area contributed by atoms with Gasteiger partial charge in [0.1, 0.15) is 0 Å². The molecule has 0 radical (unpaired) electrons. The van der Waals surface area contributed by atoms with Crippen molar-refractivity contribution in [2.24, 2.45) is 5.92 Å². The van der Waals surface area contributed by atoms with Crippen LogP contribution in [0.2, 0.25) is 0 Å². The van der Waals surface area contributed by atoms with Crippen LogP contribution in [0, 0.1) is 5.92 Å². The van der Waals surface area contributed by atoms with E-state index >= 15 is 0 Å². The minimum atomic E-state index is 0.805. The van der Waals surface area contributed by atoms with Gasteiger partial charge in [-0.25, -0.2) is 0 Å². The summed E-state index contributed by atoms with van der Waals surface area (Å²) in [6.45, 7) is 3.55. The van der Waals surface area contributed by atoms with Crippen LogP contribution in [-0.4, -0.2) is 23.9 Å². The summed E-state index contributed by atoms with van der Waals surface area (Å²) in [5.74, 6) is 1.62. The molecule has 1 aliphatic heterocycles. The molecule has 1 aromatic carbocycles. The Morgan fingerprint density at radius 1 is 1.33 bits per heavy atom. The molecule has 1 nitrogen and oxygen atoms in total. The predicted octanol–water partition coefficient (Wildman–Crippen LogP) is 4.35. The molecule has 1 fully saturated rings. The molecular formula is C15H18ClNS. The van der Waals surface area contributed by atoms with Crippen molar-refractivity contribution in [3.8, 4) is 0 Å². The first-order valence-corrected chi connectivity index (χ1v) is 8.01. The van der Waals surface area contributed by atoms with Crippen LogP contribution in [0.3, 0.4) is 0 Å². The molecule has 18 heavy (non-hydrogen) atoms. The van der Waals surface area contributed by atoms with Crippen LogP contribution < -0.4 is 0 Å². The number of thiophene rings is 1. The Morgan fingerprint density at radius 3 is 3.11 bits per heavy atom. The predicted molar refractivity (Wildman–Crippen MR) is 80.5 cm³/mol. The Balaban J connectivity index is 1.70. The molecule has 0 aliphatic carbocycles. The van der Waals surface area contributed by atoms with Gasteiger partial charge in [0.05, 0.1) is 0 Å². The fourth-order valence-corrected chi connectivity index (χ4v) is 4.11. The largest absolute Gasteiger partial charge is 0.299 e. The van der Waals surface area contributed by atoms with E-state index in [-0.39, 0.29) is 0 Å². The van der Waals surface area contributed by atoms with Crippen LogP contribution in [0.4, 0.5) is 0 Å². The first kappa shape index (κ1) is 12.5. The van der Waals surface area contributed by atoms with E-state index in [0.29, 0.717) is 0 Å². The zero-order valence-corrected chi connectivity index (χ0v) is 12.0. The standard InChI is InChI=1S/C15H18ClNS/c16-7-5-12-6-8-17(9-12)10-13-11-18-15-4-2-1-3-14(13)15/h1-4,11-12H,5-10H2. The van der Waals surface area contributed by atoms with Gasteiger partial charge in [0.15, 0.2) is 0 Å². The second-order valence-electron chi connectivity index (χ2n) is 5.12. The van der Waals surface area contributed by atoms with Crippen LogP contribution in [-0.2, 0) is 6.54 Å². The highest BCUT2D eigenvalue weighted by Crippen LogP contribution is 2.29. The van der Waals surface area contributed by atoms with Crippen LogP contribution in [0.5, 0.6) is 0 Å². The number of hydrogen-bond donors (Lipinski definition) is 0. The van der Waals surface area contributed by atoms with Crippen LogP contribution >= 0.6 is 22.9 Å². The third kappa shape index (κ3) is 2.56. The first-order valence-electron chi connectivity index (χ1n) is 6.60. The van der Waals surface area contributed by atoms with E-state index in [4.69, 9.17) is 11.6 Å². The highest BCUT2D eigenvalue weighted by Gasteiger charge is 2.22. The van der Waals surface area contributed by atoms with E-state index in [1.165, 1.54) is 41.6 Å². The van der Waals surface area contributed by atoms with Gasteiger partial charge in [-0.15, -0.1) is 22.9 Å². The van der Waals surface area contributed by atoms with Gasteiger partial charge in [0.2, 0.25) is 0 Å². The lowest BCUT2D eigenvalue weighted by Gasteiger charge is -2.15. The summed E-state index contributed by atoms with van der Waals surface area (Å²) in [5.41, 5.74) is 1.49. The van der Waals surface area contributed by atoms with Crippen LogP contribution in [0.15, 0.2) is 29.6 Å². The quantitative estimate of drug-likeness (QED) is 0.752. The van der Waals surface area contributed by atoms with Gasteiger partial charge in [-0.3, -0.25) is 4.90 Å². The number of nitrogens with zero attached hydrogens (tertiary/aromatic N) is 1. The van der Waals surface area contributed by atoms with Crippen molar-refractivity contribution in [2.45, 2.75) is 19.4 Å². The summed E-state index contributed by atoms with van der Waals surface area (Å²) in [7, 11) is 0. The van der Waals surface area contributed by atoms with E-state index in [2.05, 4.69) is 34.5 Å². The molecule has 2 aromatic rings. The van der Waals surface area contributed by atoms with Crippen molar-refractivity contribution in [3.63, 3.8) is 0 Å².